The van der Waals surface area contributed by atoms with Crippen molar-refractivity contribution in [1.29, 1.82) is 0 Å². The lowest BCUT2D eigenvalue weighted by molar-refractivity contribution is 0.145. The number of anilines is 1. The Bertz CT molecular complexity index is 824. The van der Waals surface area contributed by atoms with E-state index in [1.54, 1.807) is 12.1 Å². The summed E-state index contributed by atoms with van der Waals surface area (Å²) in [5.74, 6) is 0.330. The van der Waals surface area contributed by atoms with E-state index in [1.807, 2.05) is 60.7 Å². The number of carbonyl (C=O) groups is 1. The topological polar surface area (TPSA) is 75.5 Å². The van der Waals surface area contributed by atoms with Gasteiger partial charge in [0.1, 0.15) is 6.61 Å². The highest BCUT2D eigenvalue weighted by molar-refractivity contribution is 5.86. The predicted molar refractivity (Wildman–Crippen MR) is 98.5 cm³/mol. The molecule has 132 valence electrons. The minimum atomic E-state index is -0.579. The Hall–Kier alpha value is -3.25. The molecule has 3 rings (SSSR count). The quantitative estimate of drug-likeness (QED) is 0.739. The van der Waals surface area contributed by atoms with Crippen LogP contribution in [0.5, 0.6) is 0 Å². The molecule has 1 aromatic heterocycles. The fourth-order valence-corrected chi connectivity index (χ4v) is 2.43. The number of aliphatic hydroxyl groups is 1. The molecule has 0 saturated heterocycles. The second-order valence-electron chi connectivity index (χ2n) is 5.56. The molecule has 2 aromatic carbocycles. The molecule has 26 heavy (non-hydrogen) atoms. The van der Waals surface area contributed by atoms with Crippen molar-refractivity contribution in [2.24, 2.45) is 0 Å². The van der Waals surface area contributed by atoms with Crippen LogP contribution in [0.1, 0.15) is 5.56 Å². The van der Waals surface area contributed by atoms with Crippen molar-refractivity contribution in [3.8, 4) is 11.3 Å². The molecule has 0 aliphatic rings. The average molecular weight is 349 g/mol. The third-order valence-electron chi connectivity index (χ3n) is 3.75. The third-order valence-corrected chi connectivity index (χ3v) is 3.75. The molecule has 1 heterocycles. The Morgan fingerprint density at radius 1 is 0.923 bits per heavy atom. The SMILES string of the molecule is O=C(OCc1ccccc1)N(CCO)c1ccc(-c2ccccc2)nn1. The molecule has 3 aromatic rings. The van der Waals surface area contributed by atoms with E-state index in [4.69, 9.17) is 4.74 Å². The molecule has 0 radical (unpaired) electrons. The van der Waals surface area contributed by atoms with Gasteiger partial charge in [0.05, 0.1) is 18.8 Å². The molecule has 0 aliphatic heterocycles. The van der Waals surface area contributed by atoms with Crippen molar-refractivity contribution < 1.29 is 14.6 Å². The number of rotatable bonds is 6. The largest absolute Gasteiger partial charge is 0.444 e. The molecular formula is C20H19N3O3. The van der Waals surface area contributed by atoms with E-state index in [9.17, 15) is 9.90 Å². The first-order chi connectivity index (χ1) is 12.8. The zero-order valence-corrected chi connectivity index (χ0v) is 14.2. The summed E-state index contributed by atoms with van der Waals surface area (Å²) < 4.78 is 5.32. The number of benzene rings is 2. The zero-order valence-electron chi connectivity index (χ0n) is 14.2. The van der Waals surface area contributed by atoms with Gasteiger partial charge in [0.25, 0.3) is 0 Å². The highest BCUT2D eigenvalue weighted by Gasteiger charge is 2.19. The van der Waals surface area contributed by atoms with E-state index >= 15 is 0 Å². The summed E-state index contributed by atoms with van der Waals surface area (Å²) >= 11 is 0. The van der Waals surface area contributed by atoms with Crippen molar-refractivity contribution in [3.05, 3.63) is 78.4 Å². The summed E-state index contributed by atoms with van der Waals surface area (Å²) in [4.78, 5) is 13.7. The monoisotopic (exact) mass is 349 g/mol. The first kappa shape index (κ1) is 17.6. The maximum Gasteiger partial charge on any atom is 0.415 e. The van der Waals surface area contributed by atoms with Gasteiger partial charge in [-0.05, 0) is 17.7 Å². The van der Waals surface area contributed by atoms with Gasteiger partial charge in [0.2, 0.25) is 0 Å². The summed E-state index contributed by atoms with van der Waals surface area (Å²) in [6.07, 6.45) is -0.579. The highest BCUT2D eigenvalue weighted by atomic mass is 16.6. The zero-order chi connectivity index (χ0) is 18.2. The van der Waals surface area contributed by atoms with Gasteiger partial charge >= 0.3 is 6.09 Å². The maximum atomic E-state index is 12.4. The van der Waals surface area contributed by atoms with E-state index in [0.29, 0.717) is 11.5 Å². The molecule has 0 bridgehead atoms. The summed E-state index contributed by atoms with van der Waals surface area (Å²) in [7, 11) is 0. The van der Waals surface area contributed by atoms with Crippen LogP contribution in [0.15, 0.2) is 72.8 Å². The predicted octanol–water partition coefficient (Wildman–Crippen LogP) is 3.28. The van der Waals surface area contributed by atoms with Crippen molar-refractivity contribution >= 4 is 11.9 Å². The number of carbonyl (C=O) groups excluding carboxylic acids is 1. The van der Waals surface area contributed by atoms with Crippen molar-refractivity contribution in [2.45, 2.75) is 6.61 Å². The van der Waals surface area contributed by atoms with Gasteiger partial charge in [-0.1, -0.05) is 60.7 Å². The fourth-order valence-electron chi connectivity index (χ4n) is 2.43. The number of amides is 1. The van der Waals surface area contributed by atoms with Crippen molar-refractivity contribution in [2.75, 3.05) is 18.1 Å². The Balaban J connectivity index is 1.71. The Morgan fingerprint density at radius 2 is 1.62 bits per heavy atom. The Morgan fingerprint density at radius 3 is 2.23 bits per heavy atom. The van der Waals surface area contributed by atoms with Gasteiger partial charge in [0, 0.05) is 5.56 Å². The molecule has 0 saturated carbocycles. The number of hydrogen-bond donors (Lipinski definition) is 1. The number of aromatic nitrogens is 2. The molecule has 6 heteroatoms. The lowest BCUT2D eigenvalue weighted by Gasteiger charge is -2.20. The van der Waals surface area contributed by atoms with Gasteiger partial charge in [0.15, 0.2) is 5.82 Å². The van der Waals surface area contributed by atoms with Crippen LogP contribution in [0.3, 0.4) is 0 Å². The van der Waals surface area contributed by atoms with Gasteiger partial charge in [-0.15, -0.1) is 10.2 Å². The van der Waals surface area contributed by atoms with E-state index < -0.39 is 6.09 Å². The minimum Gasteiger partial charge on any atom is -0.444 e. The maximum absolute atomic E-state index is 12.4. The number of aliphatic hydroxyl groups excluding tert-OH is 1. The van der Waals surface area contributed by atoms with E-state index in [-0.39, 0.29) is 19.8 Å². The van der Waals surface area contributed by atoms with Crippen LogP contribution in [0.4, 0.5) is 10.6 Å². The molecule has 1 N–H and O–H groups in total. The molecular weight excluding hydrogens is 330 g/mol. The molecule has 0 fully saturated rings. The van der Waals surface area contributed by atoms with Crippen LogP contribution in [0.2, 0.25) is 0 Å². The molecule has 0 unspecified atom stereocenters. The van der Waals surface area contributed by atoms with Gasteiger partial charge in [-0.3, -0.25) is 4.90 Å². The summed E-state index contributed by atoms with van der Waals surface area (Å²) in [6, 6.07) is 22.5. The van der Waals surface area contributed by atoms with Crippen LogP contribution in [0.25, 0.3) is 11.3 Å². The normalized spacial score (nSPS) is 10.3. The highest BCUT2D eigenvalue weighted by Crippen LogP contribution is 2.18. The minimum absolute atomic E-state index is 0.0764. The number of ether oxygens (including phenoxy) is 1. The lowest BCUT2D eigenvalue weighted by Crippen LogP contribution is -2.34. The first-order valence-electron chi connectivity index (χ1n) is 8.26. The van der Waals surface area contributed by atoms with E-state index in [0.717, 1.165) is 11.1 Å². The van der Waals surface area contributed by atoms with E-state index in [1.165, 1.54) is 4.90 Å². The number of nitrogens with zero attached hydrogens (tertiary/aromatic N) is 3. The number of hydrogen-bond acceptors (Lipinski definition) is 5. The Kier molecular flexibility index (Phi) is 5.90. The van der Waals surface area contributed by atoms with E-state index in [2.05, 4.69) is 10.2 Å². The molecule has 1 amide bonds. The summed E-state index contributed by atoms with van der Waals surface area (Å²) in [5.41, 5.74) is 2.53. The smallest absolute Gasteiger partial charge is 0.415 e. The van der Waals surface area contributed by atoms with Crippen LogP contribution >= 0.6 is 0 Å². The van der Waals surface area contributed by atoms with Gasteiger partial charge in [-0.25, -0.2) is 4.79 Å². The second kappa shape index (κ2) is 8.73. The first-order valence-corrected chi connectivity index (χ1v) is 8.26. The van der Waals surface area contributed by atoms with Crippen molar-refractivity contribution in [1.82, 2.24) is 10.2 Å². The third kappa shape index (κ3) is 4.43. The van der Waals surface area contributed by atoms with Crippen LogP contribution < -0.4 is 4.90 Å². The van der Waals surface area contributed by atoms with Crippen LogP contribution in [-0.2, 0) is 11.3 Å². The van der Waals surface area contributed by atoms with Crippen molar-refractivity contribution in [3.63, 3.8) is 0 Å². The summed E-state index contributed by atoms with van der Waals surface area (Å²) in [5, 5.41) is 17.6. The molecule has 0 atom stereocenters. The Labute approximate surface area is 151 Å². The molecule has 0 spiro atoms. The van der Waals surface area contributed by atoms with Crippen LogP contribution in [0, 0.1) is 0 Å². The molecule has 6 nitrogen and oxygen atoms in total. The van der Waals surface area contributed by atoms with Gasteiger partial charge < -0.3 is 9.84 Å². The van der Waals surface area contributed by atoms with Gasteiger partial charge in [-0.2, -0.15) is 0 Å². The second-order valence-corrected chi connectivity index (χ2v) is 5.56. The average Bonchev–Trinajstić information content (AvgIpc) is 2.72. The fraction of sp³-hybridized carbons (Fsp3) is 0.150. The van der Waals surface area contributed by atoms with Crippen LogP contribution in [-0.4, -0.2) is 34.5 Å². The molecule has 0 aliphatic carbocycles. The standard InChI is InChI=1S/C20H19N3O3/c24-14-13-23(20(25)26-15-16-7-3-1-4-8-16)19-12-11-18(21-22-19)17-9-5-2-6-10-17/h1-12,24H,13-15H2. The summed E-state index contributed by atoms with van der Waals surface area (Å²) in [6.45, 7) is 0.0205. The lowest BCUT2D eigenvalue weighted by atomic mass is 10.1.